The number of benzene rings is 3. The van der Waals surface area contributed by atoms with Crippen molar-refractivity contribution in [1.29, 1.82) is 0 Å². The molecule has 0 saturated heterocycles. The SMILES string of the molecule is CC(C)Oc1ccc(/C=C(/C(=O)NCCn2ccc3ccccc32)c2ccccc2)cc1. The molecule has 4 aromatic rings. The molecule has 0 atom stereocenters. The molecule has 0 fully saturated rings. The van der Waals surface area contributed by atoms with Crippen molar-refractivity contribution >= 4 is 28.5 Å². The highest BCUT2D eigenvalue weighted by Gasteiger charge is 2.12. The fraction of sp³-hybridized carbons (Fsp3) is 0.179. The van der Waals surface area contributed by atoms with Crippen molar-refractivity contribution in [1.82, 2.24) is 9.88 Å². The van der Waals surface area contributed by atoms with Gasteiger partial charge in [0.25, 0.3) is 5.91 Å². The van der Waals surface area contributed by atoms with Crippen molar-refractivity contribution in [3.63, 3.8) is 0 Å². The zero-order valence-electron chi connectivity index (χ0n) is 18.5. The Morgan fingerprint density at radius 1 is 0.938 bits per heavy atom. The van der Waals surface area contributed by atoms with Crippen LogP contribution in [-0.4, -0.2) is 23.1 Å². The van der Waals surface area contributed by atoms with Crippen LogP contribution in [0.25, 0.3) is 22.6 Å². The van der Waals surface area contributed by atoms with Crippen LogP contribution >= 0.6 is 0 Å². The third kappa shape index (κ3) is 5.27. The number of para-hydroxylation sites is 1. The predicted octanol–water partition coefficient (Wildman–Crippen LogP) is 5.79. The summed E-state index contributed by atoms with van der Waals surface area (Å²) in [6.45, 7) is 5.26. The maximum Gasteiger partial charge on any atom is 0.251 e. The van der Waals surface area contributed by atoms with Crippen LogP contribution in [0.2, 0.25) is 0 Å². The Morgan fingerprint density at radius 2 is 1.66 bits per heavy atom. The largest absolute Gasteiger partial charge is 0.491 e. The summed E-state index contributed by atoms with van der Waals surface area (Å²) in [5.74, 6) is 0.733. The third-order valence-corrected chi connectivity index (χ3v) is 5.21. The van der Waals surface area contributed by atoms with Crippen LogP contribution in [-0.2, 0) is 11.3 Å². The highest BCUT2D eigenvalue weighted by molar-refractivity contribution is 6.24. The number of amides is 1. The molecule has 4 nitrogen and oxygen atoms in total. The van der Waals surface area contributed by atoms with Crippen molar-refractivity contribution in [3.05, 3.63) is 102 Å². The molecule has 4 heteroatoms. The lowest BCUT2D eigenvalue weighted by Crippen LogP contribution is -2.27. The molecule has 0 bridgehead atoms. The zero-order valence-corrected chi connectivity index (χ0v) is 18.5. The van der Waals surface area contributed by atoms with Gasteiger partial charge in [-0.15, -0.1) is 0 Å². The molecule has 1 aromatic heterocycles. The lowest BCUT2D eigenvalue weighted by atomic mass is 10.0. The number of hydrogen-bond donors (Lipinski definition) is 1. The van der Waals surface area contributed by atoms with E-state index in [4.69, 9.17) is 4.74 Å². The van der Waals surface area contributed by atoms with Gasteiger partial charge in [-0.1, -0.05) is 60.7 Å². The smallest absolute Gasteiger partial charge is 0.251 e. The molecule has 0 saturated carbocycles. The minimum Gasteiger partial charge on any atom is -0.491 e. The van der Waals surface area contributed by atoms with Crippen LogP contribution in [0.15, 0.2) is 91.1 Å². The first kappa shape index (κ1) is 21.4. The van der Waals surface area contributed by atoms with Crippen molar-refractivity contribution in [2.24, 2.45) is 0 Å². The fourth-order valence-corrected chi connectivity index (χ4v) is 3.70. The van der Waals surface area contributed by atoms with Crippen molar-refractivity contribution in [3.8, 4) is 5.75 Å². The summed E-state index contributed by atoms with van der Waals surface area (Å²) in [5.41, 5.74) is 3.65. The Morgan fingerprint density at radius 3 is 2.41 bits per heavy atom. The van der Waals surface area contributed by atoms with Crippen LogP contribution in [0, 0.1) is 0 Å². The van der Waals surface area contributed by atoms with E-state index in [1.54, 1.807) is 0 Å². The summed E-state index contributed by atoms with van der Waals surface area (Å²) in [6, 6.07) is 27.9. The van der Waals surface area contributed by atoms with E-state index in [1.807, 2.05) is 86.7 Å². The van der Waals surface area contributed by atoms with Gasteiger partial charge in [-0.05, 0) is 60.7 Å². The molecule has 0 aliphatic carbocycles. The maximum absolute atomic E-state index is 13.1. The summed E-state index contributed by atoms with van der Waals surface area (Å²) < 4.78 is 7.88. The monoisotopic (exact) mass is 424 g/mol. The molecule has 1 amide bonds. The van der Waals surface area contributed by atoms with E-state index in [2.05, 4.69) is 34.3 Å². The molecule has 0 unspecified atom stereocenters. The molecule has 3 aromatic carbocycles. The molecule has 32 heavy (non-hydrogen) atoms. The number of rotatable bonds is 8. The van der Waals surface area contributed by atoms with Gasteiger partial charge in [-0.2, -0.15) is 0 Å². The Labute approximate surface area is 189 Å². The Bertz CT molecular complexity index is 1210. The summed E-state index contributed by atoms with van der Waals surface area (Å²) >= 11 is 0. The third-order valence-electron chi connectivity index (χ3n) is 5.21. The molecular weight excluding hydrogens is 396 g/mol. The number of hydrogen-bond acceptors (Lipinski definition) is 2. The second kappa shape index (κ2) is 10.0. The van der Waals surface area contributed by atoms with Gasteiger partial charge in [-0.3, -0.25) is 4.79 Å². The van der Waals surface area contributed by atoms with Crippen molar-refractivity contribution in [2.45, 2.75) is 26.5 Å². The average molecular weight is 425 g/mol. The van der Waals surface area contributed by atoms with Crippen molar-refractivity contribution < 1.29 is 9.53 Å². The first-order valence-electron chi connectivity index (χ1n) is 11.0. The quantitative estimate of drug-likeness (QED) is 0.288. The van der Waals surface area contributed by atoms with E-state index in [0.717, 1.165) is 16.9 Å². The molecule has 162 valence electrons. The molecule has 0 radical (unpaired) electrons. The lowest BCUT2D eigenvalue weighted by molar-refractivity contribution is -0.115. The van der Waals surface area contributed by atoms with Gasteiger partial charge in [0.15, 0.2) is 0 Å². The first-order valence-corrected chi connectivity index (χ1v) is 11.0. The minimum absolute atomic E-state index is 0.0878. The predicted molar refractivity (Wildman–Crippen MR) is 131 cm³/mol. The standard InChI is InChI=1S/C28H28N2O2/c1-21(2)32-25-14-12-22(13-15-25)20-26(23-8-4-3-5-9-23)28(31)29-17-19-30-18-16-24-10-6-7-11-27(24)30/h3-16,18,20-21H,17,19H2,1-2H3,(H,29,31)/b26-20+. The van der Waals surface area contributed by atoms with E-state index in [0.29, 0.717) is 18.7 Å². The molecular formula is C28H28N2O2. The van der Waals surface area contributed by atoms with Crippen LogP contribution in [0.1, 0.15) is 25.0 Å². The number of carbonyl (C=O) groups is 1. The number of nitrogens with zero attached hydrogens (tertiary/aromatic N) is 1. The normalized spacial score (nSPS) is 11.7. The Hall–Kier alpha value is -3.79. The highest BCUT2D eigenvalue weighted by Crippen LogP contribution is 2.21. The molecule has 0 aliphatic heterocycles. The lowest BCUT2D eigenvalue weighted by Gasteiger charge is -2.12. The van der Waals surface area contributed by atoms with Crippen LogP contribution in [0.3, 0.4) is 0 Å². The zero-order chi connectivity index (χ0) is 22.3. The van der Waals surface area contributed by atoms with E-state index >= 15 is 0 Å². The number of fused-ring (bicyclic) bond motifs is 1. The Balaban J connectivity index is 1.50. The molecule has 1 heterocycles. The number of nitrogens with one attached hydrogen (secondary N) is 1. The van der Waals surface area contributed by atoms with Gasteiger partial charge < -0.3 is 14.6 Å². The molecule has 0 spiro atoms. The van der Waals surface area contributed by atoms with Crippen LogP contribution in [0.5, 0.6) is 5.75 Å². The topological polar surface area (TPSA) is 43.3 Å². The van der Waals surface area contributed by atoms with Gasteiger partial charge >= 0.3 is 0 Å². The van der Waals surface area contributed by atoms with Gasteiger partial charge in [0.1, 0.15) is 5.75 Å². The summed E-state index contributed by atoms with van der Waals surface area (Å²) in [6.07, 6.45) is 4.11. The number of ether oxygens (including phenoxy) is 1. The summed E-state index contributed by atoms with van der Waals surface area (Å²) in [7, 11) is 0. The minimum atomic E-state index is -0.0878. The number of carbonyl (C=O) groups excluding carboxylic acids is 1. The maximum atomic E-state index is 13.1. The van der Waals surface area contributed by atoms with Crippen molar-refractivity contribution in [2.75, 3.05) is 6.54 Å². The van der Waals surface area contributed by atoms with E-state index in [9.17, 15) is 4.79 Å². The highest BCUT2D eigenvalue weighted by atomic mass is 16.5. The summed E-state index contributed by atoms with van der Waals surface area (Å²) in [4.78, 5) is 13.1. The van der Waals surface area contributed by atoms with Gasteiger partial charge in [0.05, 0.1) is 6.10 Å². The van der Waals surface area contributed by atoms with Crippen LogP contribution < -0.4 is 10.1 Å². The first-order chi connectivity index (χ1) is 15.6. The van der Waals surface area contributed by atoms with E-state index in [-0.39, 0.29) is 12.0 Å². The van der Waals surface area contributed by atoms with Gasteiger partial charge in [0.2, 0.25) is 0 Å². The molecule has 4 rings (SSSR count). The second-order valence-corrected chi connectivity index (χ2v) is 7.98. The second-order valence-electron chi connectivity index (χ2n) is 7.98. The van der Waals surface area contributed by atoms with Crippen LogP contribution in [0.4, 0.5) is 0 Å². The summed E-state index contributed by atoms with van der Waals surface area (Å²) in [5, 5.41) is 4.29. The molecule has 1 N–H and O–H groups in total. The number of aromatic nitrogens is 1. The molecule has 0 aliphatic rings. The van der Waals surface area contributed by atoms with Gasteiger partial charge in [-0.25, -0.2) is 0 Å². The average Bonchev–Trinajstić information content (AvgIpc) is 3.22. The fourth-order valence-electron chi connectivity index (χ4n) is 3.70. The van der Waals surface area contributed by atoms with E-state index in [1.165, 1.54) is 10.9 Å². The van der Waals surface area contributed by atoms with Gasteiger partial charge in [0, 0.05) is 30.4 Å². The Kier molecular flexibility index (Phi) is 6.71. The van der Waals surface area contributed by atoms with E-state index < -0.39 is 0 Å².